The summed E-state index contributed by atoms with van der Waals surface area (Å²) in [7, 11) is 0. The van der Waals surface area contributed by atoms with Gasteiger partial charge in [-0.15, -0.1) is 0 Å². The fourth-order valence-corrected chi connectivity index (χ4v) is 2.54. The topological polar surface area (TPSA) is 38.7 Å². The van der Waals surface area contributed by atoms with Crippen molar-refractivity contribution in [3.8, 4) is 5.75 Å². The number of aryl methyl sites for hydroxylation is 1. The number of ether oxygens (including phenoxy) is 2. The molecule has 0 saturated carbocycles. The summed E-state index contributed by atoms with van der Waals surface area (Å²) in [5.74, 6) is 0.967. The van der Waals surface area contributed by atoms with Crippen molar-refractivity contribution >= 4 is 0 Å². The molecule has 1 atom stereocenters. The Morgan fingerprint density at radius 1 is 0.875 bits per heavy atom. The number of hydrogen-bond acceptors (Lipinski definition) is 3. The average Bonchev–Trinajstić information content (AvgIpc) is 2.61. The van der Waals surface area contributed by atoms with Gasteiger partial charge in [0.1, 0.15) is 5.75 Å². The maximum atomic E-state index is 9.41. The number of hydrogen-bond donors (Lipinski definition) is 1. The minimum atomic E-state index is -0.326. The van der Waals surface area contributed by atoms with E-state index in [2.05, 4.69) is 31.2 Å². The van der Waals surface area contributed by atoms with Crippen LogP contribution in [0.1, 0.15) is 70.8 Å². The van der Waals surface area contributed by atoms with Crippen LogP contribution in [0.5, 0.6) is 5.75 Å². The Balaban J connectivity index is 2.06. The van der Waals surface area contributed by atoms with Crippen molar-refractivity contribution in [2.45, 2.75) is 77.7 Å². The first kappa shape index (κ1) is 21.0. The zero-order valence-corrected chi connectivity index (χ0v) is 15.6. The first-order chi connectivity index (χ1) is 11.8. The van der Waals surface area contributed by atoms with Gasteiger partial charge in [-0.25, -0.2) is 0 Å². The molecule has 0 aliphatic carbocycles. The van der Waals surface area contributed by atoms with E-state index in [9.17, 15) is 5.11 Å². The standard InChI is InChI=1S/C21H36O3/c1-3-5-6-7-8-9-17-24-21-14-12-19(13-15-21)11-10-16-23-18-20(22)4-2/h12-15,20,22H,3-11,16-18H2,1-2H3/t20-/m1/s1. The van der Waals surface area contributed by atoms with Gasteiger partial charge >= 0.3 is 0 Å². The zero-order valence-electron chi connectivity index (χ0n) is 15.6. The first-order valence-corrected chi connectivity index (χ1v) is 9.73. The summed E-state index contributed by atoms with van der Waals surface area (Å²) in [5, 5.41) is 9.41. The molecule has 138 valence electrons. The van der Waals surface area contributed by atoms with Gasteiger partial charge in [-0.3, -0.25) is 0 Å². The summed E-state index contributed by atoms with van der Waals surface area (Å²) in [6.45, 7) is 6.18. The molecule has 1 rings (SSSR count). The van der Waals surface area contributed by atoms with E-state index in [1.807, 2.05) is 6.92 Å². The normalized spacial score (nSPS) is 12.3. The smallest absolute Gasteiger partial charge is 0.119 e. The summed E-state index contributed by atoms with van der Waals surface area (Å²) < 4.78 is 11.3. The Kier molecular flexibility index (Phi) is 12.5. The van der Waals surface area contributed by atoms with Crippen LogP contribution < -0.4 is 4.74 Å². The monoisotopic (exact) mass is 336 g/mol. The lowest BCUT2D eigenvalue weighted by atomic mass is 10.1. The van der Waals surface area contributed by atoms with E-state index in [0.717, 1.165) is 38.0 Å². The number of unbranched alkanes of at least 4 members (excludes halogenated alkanes) is 5. The SMILES string of the molecule is CCCCCCCCOc1ccc(CCCOC[C@H](O)CC)cc1. The van der Waals surface area contributed by atoms with Crippen LogP contribution in [0.15, 0.2) is 24.3 Å². The Morgan fingerprint density at radius 2 is 1.58 bits per heavy atom. The Morgan fingerprint density at radius 3 is 2.29 bits per heavy atom. The van der Waals surface area contributed by atoms with Crippen LogP contribution >= 0.6 is 0 Å². The van der Waals surface area contributed by atoms with Crippen molar-refractivity contribution in [3.63, 3.8) is 0 Å². The molecule has 0 radical (unpaired) electrons. The van der Waals surface area contributed by atoms with E-state index < -0.39 is 0 Å². The van der Waals surface area contributed by atoms with Crippen molar-refractivity contribution in [2.24, 2.45) is 0 Å². The Bertz CT molecular complexity index is 389. The highest BCUT2D eigenvalue weighted by atomic mass is 16.5. The van der Waals surface area contributed by atoms with Crippen molar-refractivity contribution in [2.75, 3.05) is 19.8 Å². The molecule has 3 heteroatoms. The molecule has 0 aliphatic heterocycles. The molecule has 3 nitrogen and oxygen atoms in total. The molecule has 1 aromatic rings. The van der Waals surface area contributed by atoms with E-state index in [1.165, 1.54) is 37.7 Å². The van der Waals surface area contributed by atoms with Crippen molar-refractivity contribution in [1.82, 2.24) is 0 Å². The van der Waals surface area contributed by atoms with Gasteiger partial charge in [0, 0.05) is 6.61 Å². The maximum absolute atomic E-state index is 9.41. The van der Waals surface area contributed by atoms with Crippen LogP contribution in [0.2, 0.25) is 0 Å². The minimum absolute atomic E-state index is 0.326. The molecule has 0 amide bonds. The van der Waals surface area contributed by atoms with Crippen LogP contribution in [-0.4, -0.2) is 31.0 Å². The fraction of sp³-hybridized carbons (Fsp3) is 0.714. The van der Waals surface area contributed by atoms with Gasteiger partial charge < -0.3 is 14.6 Å². The Labute approximate surface area is 148 Å². The second kappa shape index (κ2) is 14.3. The zero-order chi connectivity index (χ0) is 17.5. The number of aliphatic hydroxyl groups is 1. The molecule has 1 aromatic carbocycles. The summed E-state index contributed by atoms with van der Waals surface area (Å²) in [6, 6.07) is 8.40. The van der Waals surface area contributed by atoms with E-state index in [4.69, 9.17) is 9.47 Å². The van der Waals surface area contributed by atoms with Crippen molar-refractivity contribution in [3.05, 3.63) is 29.8 Å². The van der Waals surface area contributed by atoms with Gasteiger partial charge in [0.05, 0.1) is 19.3 Å². The van der Waals surface area contributed by atoms with Gasteiger partial charge in [0.15, 0.2) is 0 Å². The maximum Gasteiger partial charge on any atom is 0.119 e. The summed E-state index contributed by atoms with van der Waals surface area (Å²) in [6.07, 6.45) is 10.2. The van der Waals surface area contributed by atoms with Gasteiger partial charge in [0.2, 0.25) is 0 Å². The van der Waals surface area contributed by atoms with Crippen molar-refractivity contribution in [1.29, 1.82) is 0 Å². The predicted octanol–water partition coefficient (Wildman–Crippen LogP) is 5.15. The number of rotatable bonds is 15. The third-order valence-corrected chi connectivity index (χ3v) is 4.23. The van der Waals surface area contributed by atoms with Crippen LogP contribution in [0.25, 0.3) is 0 Å². The molecule has 0 aliphatic rings. The molecule has 0 saturated heterocycles. The highest BCUT2D eigenvalue weighted by Crippen LogP contribution is 2.14. The summed E-state index contributed by atoms with van der Waals surface area (Å²) in [4.78, 5) is 0. The van der Waals surface area contributed by atoms with Gasteiger partial charge in [-0.1, -0.05) is 58.1 Å². The van der Waals surface area contributed by atoms with Crippen LogP contribution in [-0.2, 0) is 11.2 Å². The minimum Gasteiger partial charge on any atom is -0.494 e. The van der Waals surface area contributed by atoms with E-state index in [-0.39, 0.29) is 6.10 Å². The molecular weight excluding hydrogens is 300 g/mol. The fourth-order valence-electron chi connectivity index (χ4n) is 2.54. The average molecular weight is 337 g/mol. The van der Waals surface area contributed by atoms with E-state index in [0.29, 0.717) is 13.2 Å². The first-order valence-electron chi connectivity index (χ1n) is 9.73. The van der Waals surface area contributed by atoms with E-state index in [1.54, 1.807) is 0 Å². The van der Waals surface area contributed by atoms with Crippen LogP contribution in [0.3, 0.4) is 0 Å². The highest BCUT2D eigenvalue weighted by Gasteiger charge is 2.01. The molecule has 0 aromatic heterocycles. The highest BCUT2D eigenvalue weighted by molar-refractivity contribution is 5.27. The molecule has 24 heavy (non-hydrogen) atoms. The third kappa shape index (κ3) is 10.7. The molecule has 0 spiro atoms. The van der Waals surface area contributed by atoms with Gasteiger partial charge in [-0.05, 0) is 43.4 Å². The van der Waals surface area contributed by atoms with Gasteiger partial charge in [0.25, 0.3) is 0 Å². The largest absolute Gasteiger partial charge is 0.494 e. The van der Waals surface area contributed by atoms with E-state index >= 15 is 0 Å². The van der Waals surface area contributed by atoms with Gasteiger partial charge in [-0.2, -0.15) is 0 Å². The predicted molar refractivity (Wildman–Crippen MR) is 101 cm³/mol. The summed E-state index contributed by atoms with van der Waals surface area (Å²) >= 11 is 0. The van der Waals surface area contributed by atoms with Crippen LogP contribution in [0.4, 0.5) is 0 Å². The van der Waals surface area contributed by atoms with Crippen molar-refractivity contribution < 1.29 is 14.6 Å². The molecular formula is C21H36O3. The second-order valence-electron chi connectivity index (χ2n) is 6.50. The molecule has 0 unspecified atom stereocenters. The lowest BCUT2D eigenvalue weighted by Gasteiger charge is -2.09. The number of benzene rings is 1. The summed E-state index contributed by atoms with van der Waals surface area (Å²) in [5.41, 5.74) is 1.31. The molecule has 0 heterocycles. The lowest BCUT2D eigenvalue weighted by Crippen LogP contribution is -2.14. The lowest BCUT2D eigenvalue weighted by molar-refractivity contribution is 0.0342. The quantitative estimate of drug-likeness (QED) is 0.450. The molecule has 1 N–H and O–H groups in total. The Hall–Kier alpha value is -1.06. The third-order valence-electron chi connectivity index (χ3n) is 4.23. The molecule has 0 bridgehead atoms. The second-order valence-corrected chi connectivity index (χ2v) is 6.50. The molecule has 0 fully saturated rings. The number of aliphatic hydroxyl groups excluding tert-OH is 1. The van der Waals surface area contributed by atoms with Crippen LogP contribution in [0, 0.1) is 0 Å².